The Hall–Kier alpha value is -2.25. The zero-order valence-corrected chi connectivity index (χ0v) is 8.08. The average molecular weight is 246 g/mol. The second-order valence-electron chi connectivity index (χ2n) is 3.28. The van der Waals surface area contributed by atoms with Crippen molar-refractivity contribution in [3.8, 4) is 0 Å². The van der Waals surface area contributed by atoms with Gasteiger partial charge in [-0.05, 0) is 18.2 Å². The average Bonchev–Trinajstić information content (AvgIpc) is 2.50. The highest BCUT2D eigenvalue weighted by Gasteiger charge is 2.31. The van der Waals surface area contributed by atoms with Crippen LogP contribution in [0.15, 0.2) is 23.0 Å². The molecule has 0 saturated heterocycles. The predicted molar refractivity (Wildman–Crippen MR) is 51.0 cm³/mol. The Morgan fingerprint density at radius 3 is 2.53 bits per heavy atom. The lowest BCUT2D eigenvalue weighted by molar-refractivity contribution is -0.137. The molecule has 0 radical (unpaired) electrons. The van der Waals surface area contributed by atoms with E-state index in [0.29, 0.717) is 10.6 Å². The lowest BCUT2D eigenvalue weighted by Gasteiger charge is -2.05. The van der Waals surface area contributed by atoms with Crippen LogP contribution in [0.3, 0.4) is 0 Å². The molecule has 8 heteroatoms. The van der Waals surface area contributed by atoms with Crippen LogP contribution in [0, 0.1) is 0 Å². The molecule has 0 bridgehead atoms. The number of hydrogen-bond donors (Lipinski definition) is 2. The molecule has 0 saturated carbocycles. The summed E-state index contributed by atoms with van der Waals surface area (Å²) < 4.78 is 37.4. The fraction of sp³-hybridized carbons (Fsp3) is 0.111. The topological polar surface area (TPSA) is 75.1 Å². The lowest BCUT2D eigenvalue weighted by atomic mass is 10.2. The van der Waals surface area contributed by atoms with Crippen molar-refractivity contribution in [3.63, 3.8) is 0 Å². The van der Waals surface area contributed by atoms with Gasteiger partial charge in [0.25, 0.3) is 0 Å². The van der Waals surface area contributed by atoms with E-state index in [-0.39, 0.29) is 11.0 Å². The largest absolute Gasteiger partial charge is 0.464 e. The van der Waals surface area contributed by atoms with E-state index in [4.69, 9.17) is 5.11 Å². The van der Waals surface area contributed by atoms with Gasteiger partial charge in [-0.15, -0.1) is 0 Å². The van der Waals surface area contributed by atoms with Crippen molar-refractivity contribution in [2.45, 2.75) is 6.18 Å². The van der Waals surface area contributed by atoms with Crippen molar-refractivity contribution < 1.29 is 23.1 Å². The van der Waals surface area contributed by atoms with Crippen molar-refractivity contribution in [3.05, 3.63) is 34.2 Å². The number of carboxylic acid groups (broad SMARTS) is 1. The van der Waals surface area contributed by atoms with Crippen molar-refractivity contribution in [2.75, 3.05) is 0 Å². The molecule has 17 heavy (non-hydrogen) atoms. The van der Waals surface area contributed by atoms with E-state index in [1.165, 1.54) is 0 Å². The summed E-state index contributed by atoms with van der Waals surface area (Å²) in [7, 11) is 0. The highest BCUT2D eigenvalue weighted by Crippen LogP contribution is 2.30. The van der Waals surface area contributed by atoms with Crippen LogP contribution in [0.25, 0.3) is 11.0 Å². The molecule has 0 fully saturated rings. The summed E-state index contributed by atoms with van der Waals surface area (Å²) in [6, 6.07) is 2.34. The number of H-pyrrole nitrogens is 1. The first-order valence-corrected chi connectivity index (χ1v) is 4.36. The number of rotatable bonds is 0. The number of fused-ring (bicyclic) bond motifs is 1. The number of aromatic nitrogens is 2. The zero-order valence-electron chi connectivity index (χ0n) is 8.08. The Morgan fingerprint density at radius 1 is 1.35 bits per heavy atom. The Morgan fingerprint density at radius 2 is 2.00 bits per heavy atom. The second-order valence-corrected chi connectivity index (χ2v) is 3.28. The van der Waals surface area contributed by atoms with Gasteiger partial charge < -0.3 is 10.1 Å². The maximum absolute atomic E-state index is 12.4. The van der Waals surface area contributed by atoms with Gasteiger partial charge in [0.15, 0.2) is 0 Å². The van der Waals surface area contributed by atoms with Crippen LogP contribution in [0.1, 0.15) is 5.56 Å². The van der Waals surface area contributed by atoms with E-state index in [0.717, 1.165) is 12.1 Å². The number of hydrogen-bond acceptors (Lipinski definition) is 2. The third-order valence-electron chi connectivity index (χ3n) is 2.20. The standard InChI is InChI=1S/C9H5F3N2O3/c10-9(11,12)4-1-2-6-5(3-4)13-7(15)14(6)8(16)17/h1-3H,(H,13,15)(H,16,17). The summed E-state index contributed by atoms with van der Waals surface area (Å²) in [4.78, 5) is 23.9. The van der Waals surface area contributed by atoms with Gasteiger partial charge >= 0.3 is 18.0 Å². The maximum Gasteiger partial charge on any atom is 0.420 e. The molecule has 0 aliphatic heterocycles. The first-order valence-electron chi connectivity index (χ1n) is 4.36. The molecule has 90 valence electrons. The molecule has 0 atom stereocenters. The molecule has 2 rings (SSSR count). The first kappa shape index (κ1) is 11.2. The minimum absolute atomic E-state index is 0.115. The third-order valence-corrected chi connectivity index (χ3v) is 2.20. The molecule has 1 heterocycles. The molecule has 0 aliphatic carbocycles. The maximum atomic E-state index is 12.4. The monoisotopic (exact) mass is 246 g/mol. The van der Waals surface area contributed by atoms with Crippen molar-refractivity contribution >= 4 is 17.1 Å². The zero-order chi connectivity index (χ0) is 12.8. The number of halogens is 3. The molecule has 2 N–H and O–H groups in total. The van der Waals surface area contributed by atoms with Crippen molar-refractivity contribution in [1.82, 2.24) is 9.55 Å². The van der Waals surface area contributed by atoms with Gasteiger partial charge in [0, 0.05) is 0 Å². The van der Waals surface area contributed by atoms with Crippen LogP contribution >= 0.6 is 0 Å². The van der Waals surface area contributed by atoms with Crippen LogP contribution < -0.4 is 5.69 Å². The smallest absolute Gasteiger partial charge is 0.420 e. The highest BCUT2D eigenvalue weighted by molar-refractivity contribution is 5.85. The molecule has 2 aromatic rings. The van der Waals surface area contributed by atoms with E-state index in [2.05, 4.69) is 0 Å². The molecule has 5 nitrogen and oxygen atoms in total. The Bertz CT molecular complexity index is 654. The van der Waals surface area contributed by atoms with Gasteiger partial charge in [0.2, 0.25) is 0 Å². The third kappa shape index (κ3) is 1.77. The fourth-order valence-corrected chi connectivity index (χ4v) is 1.48. The number of imidazole rings is 1. The minimum atomic E-state index is -4.55. The number of carbonyl (C=O) groups is 1. The van der Waals surface area contributed by atoms with Crippen LogP contribution in [0.2, 0.25) is 0 Å². The van der Waals surface area contributed by atoms with Gasteiger partial charge in [-0.3, -0.25) is 0 Å². The normalized spacial score (nSPS) is 11.9. The summed E-state index contributed by atoms with van der Waals surface area (Å²) in [5, 5.41) is 8.70. The van der Waals surface area contributed by atoms with Gasteiger partial charge in [-0.25, -0.2) is 9.59 Å². The van der Waals surface area contributed by atoms with E-state index in [1.807, 2.05) is 4.98 Å². The molecule has 0 unspecified atom stereocenters. The Kier molecular flexibility index (Phi) is 2.23. The Labute approximate surface area is 91.1 Å². The lowest BCUT2D eigenvalue weighted by Crippen LogP contribution is -2.22. The van der Waals surface area contributed by atoms with Crippen molar-refractivity contribution in [2.24, 2.45) is 0 Å². The summed E-state index contributed by atoms with van der Waals surface area (Å²) in [5.41, 5.74) is -2.24. The molecular formula is C9H5F3N2O3. The number of alkyl halides is 3. The van der Waals surface area contributed by atoms with Crippen LogP contribution in [-0.2, 0) is 6.18 Å². The molecule has 1 aromatic heterocycles. The predicted octanol–water partition coefficient (Wildman–Crippen LogP) is 1.87. The van der Waals surface area contributed by atoms with E-state index < -0.39 is 23.5 Å². The summed E-state index contributed by atoms with van der Waals surface area (Å²) in [5.74, 6) is 0. The van der Waals surface area contributed by atoms with Gasteiger partial charge in [0.05, 0.1) is 16.6 Å². The molecule has 0 aliphatic rings. The minimum Gasteiger partial charge on any atom is -0.464 e. The van der Waals surface area contributed by atoms with Gasteiger partial charge in [-0.2, -0.15) is 17.7 Å². The summed E-state index contributed by atoms with van der Waals surface area (Å²) >= 11 is 0. The molecule has 0 amide bonds. The van der Waals surface area contributed by atoms with Crippen LogP contribution in [-0.4, -0.2) is 20.8 Å². The quantitative estimate of drug-likeness (QED) is 0.745. The van der Waals surface area contributed by atoms with Crippen LogP contribution in [0.4, 0.5) is 18.0 Å². The van der Waals surface area contributed by atoms with E-state index in [9.17, 15) is 22.8 Å². The second kappa shape index (κ2) is 3.37. The van der Waals surface area contributed by atoms with E-state index >= 15 is 0 Å². The summed E-state index contributed by atoms with van der Waals surface area (Å²) in [6.07, 6.45) is -6.10. The van der Waals surface area contributed by atoms with E-state index in [1.54, 1.807) is 0 Å². The Balaban J connectivity index is 2.75. The molecule has 1 aromatic carbocycles. The molecule has 0 spiro atoms. The number of benzene rings is 1. The summed E-state index contributed by atoms with van der Waals surface area (Å²) in [6.45, 7) is 0. The SMILES string of the molecule is O=C(O)n1c(=O)[nH]c2cc(C(F)(F)F)ccc21. The first-order chi connectivity index (χ1) is 7.80. The highest BCUT2D eigenvalue weighted by atomic mass is 19.4. The van der Waals surface area contributed by atoms with Gasteiger partial charge in [0.1, 0.15) is 0 Å². The number of nitrogens with zero attached hydrogens (tertiary/aromatic N) is 1. The van der Waals surface area contributed by atoms with Crippen molar-refractivity contribution in [1.29, 1.82) is 0 Å². The van der Waals surface area contributed by atoms with Gasteiger partial charge in [-0.1, -0.05) is 0 Å². The molecular weight excluding hydrogens is 241 g/mol. The number of nitrogens with one attached hydrogen (secondary N) is 1. The fourth-order valence-electron chi connectivity index (χ4n) is 1.48. The number of aromatic amines is 1. The van der Waals surface area contributed by atoms with Crippen LogP contribution in [0.5, 0.6) is 0 Å².